The molecule has 0 atom stereocenters. The number of aryl methyl sites for hydroxylation is 2. The van der Waals surface area contributed by atoms with E-state index in [1.165, 1.54) is 0 Å². The molecule has 0 spiro atoms. The van der Waals surface area contributed by atoms with Gasteiger partial charge in [0.1, 0.15) is 17.0 Å². The van der Waals surface area contributed by atoms with Crippen LogP contribution in [0.15, 0.2) is 30.3 Å². The quantitative estimate of drug-likeness (QED) is 0.562. The van der Waals surface area contributed by atoms with Crippen LogP contribution in [0.4, 0.5) is 21.9 Å². The van der Waals surface area contributed by atoms with Gasteiger partial charge in [-0.25, -0.2) is 4.79 Å². The van der Waals surface area contributed by atoms with Crippen molar-refractivity contribution < 1.29 is 14.5 Å². The first kappa shape index (κ1) is 21.1. The van der Waals surface area contributed by atoms with E-state index in [-0.39, 0.29) is 5.69 Å². The molecule has 0 aliphatic rings. The number of nitro groups is 1. The summed E-state index contributed by atoms with van der Waals surface area (Å²) in [6.45, 7) is 9.31. The summed E-state index contributed by atoms with van der Waals surface area (Å²) in [5.74, 6) is 0. The SMILES string of the molecule is Cc1cc(Nc2ccc(CCNC(=O)OC(C)(C)C)cc2)c([N+](=O)[O-])c(C)n1. The lowest BCUT2D eigenvalue weighted by Gasteiger charge is -2.19. The third kappa shape index (κ3) is 6.22. The van der Waals surface area contributed by atoms with Crippen LogP contribution in [0, 0.1) is 24.0 Å². The Morgan fingerprint density at radius 1 is 1.21 bits per heavy atom. The number of hydrogen-bond acceptors (Lipinski definition) is 6. The summed E-state index contributed by atoms with van der Waals surface area (Å²) in [6, 6.07) is 9.16. The molecule has 28 heavy (non-hydrogen) atoms. The number of nitrogens with zero attached hydrogens (tertiary/aromatic N) is 2. The number of carbonyl (C=O) groups excluding carboxylic acids is 1. The van der Waals surface area contributed by atoms with Gasteiger partial charge in [-0.2, -0.15) is 0 Å². The normalized spacial score (nSPS) is 11.0. The zero-order valence-corrected chi connectivity index (χ0v) is 16.8. The van der Waals surface area contributed by atoms with Crippen molar-refractivity contribution in [3.05, 3.63) is 57.4 Å². The summed E-state index contributed by atoms with van der Waals surface area (Å²) in [7, 11) is 0. The number of alkyl carbamates (subject to hydrolysis) is 1. The number of pyridine rings is 1. The molecular weight excluding hydrogens is 360 g/mol. The molecule has 0 bridgehead atoms. The zero-order chi connectivity index (χ0) is 20.9. The summed E-state index contributed by atoms with van der Waals surface area (Å²) in [4.78, 5) is 26.7. The Morgan fingerprint density at radius 2 is 1.86 bits per heavy atom. The smallest absolute Gasteiger partial charge is 0.407 e. The van der Waals surface area contributed by atoms with Crippen molar-refractivity contribution >= 4 is 23.2 Å². The minimum absolute atomic E-state index is 0.0313. The Kier molecular flexibility index (Phi) is 6.56. The number of rotatable bonds is 6. The van der Waals surface area contributed by atoms with E-state index in [9.17, 15) is 14.9 Å². The molecule has 8 heteroatoms. The van der Waals surface area contributed by atoms with Gasteiger partial charge in [-0.1, -0.05) is 12.1 Å². The van der Waals surface area contributed by atoms with Gasteiger partial charge in [-0.15, -0.1) is 0 Å². The van der Waals surface area contributed by atoms with Crippen molar-refractivity contribution in [1.82, 2.24) is 10.3 Å². The molecule has 8 nitrogen and oxygen atoms in total. The minimum Gasteiger partial charge on any atom is -0.444 e. The number of aromatic nitrogens is 1. The van der Waals surface area contributed by atoms with Crippen LogP contribution in [0.5, 0.6) is 0 Å². The standard InChI is InChI=1S/C20H26N4O4/c1-13-12-17(18(24(26)27)14(2)22-13)23-16-8-6-15(7-9-16)10-11-21-19(25)28-20(3,4)5/h6-9,12H,10-11H2,1-5H3,(H,21,25)(H,22,23). The molecule has 0 aliphatic carbocycles. The van der Waals surface area contributed by atoms with E-state index in [0.29, 0.717) is 30.0 Å². The molecule has 2 rings (SSSR count). The summed E-state index contributed by atoms with van der Waals surface area (Å²) < 4.78 is 5.19. The number of anilines is 2. The molecule has 1 amide bonds. The van der Waals surface area contributed by atoms with Gasteiger partial charge >= 0.3 is 11.8 Å². The lowest BCUT2D eigenvalue weighted by atomic mass is 10.1. The summed E-state index contributed by atoms with van der Waals surface area (Å²) in [5, 5.41) is 17.1. The van der Waals surface area contributed by atoms with E-state index < -0.39 is 16.6 Å². The van der Waals surface area contributed by atoms with Crippen LogP contribution < -0.4 is 10.6 Å². The second-order valence-electron chi connectivity index (χ2n) is 7.50. The number of carbonyl (C=O) groups is 1. The van der Waals surface area contributed by atoms with Crippen molar-refractivity contribution in [2.75, 3.05) is 11.9 Å². The second kappa shape index (κ2) is 8.69. The molecule has 1 aromatic carbocycles. The molecule has 0 unspecified atom stereocenters. The average molecular weight is 386 g/mol. The monoisotopic (exact) mass is 386 g/mol. The molecule has 1 aromatic heterocycles. The van der Waals surface area contributed by atoms with Crippen LogP contribution in [0.25, 0.3) is 0 Å². The Balaban J connectivity index is 1.99. The first-order valence-electron chi connectivity index (χ1n) is 9.00. The highest BCUT2D eigenvalue weighted by atomic mass is 16.6. The van der Waals surface area contributed by atoms with Gasteiger partial charge in [-0.3, -0.25) is 15.1 Å². The van der Waals surface area contributed by atoms with Gasteiger partial charge in [0.05, 0.1) is 4.92 Å². The molecule has 0 aliphatic heterocycles. The van der Waals surface area contributed by atoms with E-state index in [1.54, 1.807) is 19.9 Å². The fourth-order valence-electron chi connectivity index (χ4n) is 2.68. The highest BCUT2D eigenvalue weighted by molar-refractivity contribution is 5.71. The second-order valence-corrected chi connectivity index (χ2v) is 7.50. The van der Waals surface area contributed by atoms with E-state index in [0.717, 1.165) is 11.3 Å². The zero-order valence-electron chi connectivity index (χ0n) is 16.8. The number of nitrogens with one attached hydrogen (secondary N) is 2. The topological polar surface area (TPSA) is 106 Å². The van der Waals surface area contributed by atoms with Crippen LogP contribution in [0.3, 0.4) is 0 Å². The van der Waals surface area contributed by atoms with Gasteiger partial charge < -0.3 is 15.4 Å². The van der Waals surface area contributed by atoms with Crippen LogP contribution in [0.2, 0.25) is 0 Å². The molecule has 2 aromatic rings. The van der Waals surface area contributed by atoms with Crippen LogP contribution >= 0.6 is 0 Å². The molecule has 0 saturated heterocycles. The Morgan fingerprint density at radius 3 is 2.43 bits per heavy atom. The van der Waals surface area contributed by atoms with E-state index in [2.05, 4.69) is 15.6 Å². The number of benzene rings is 1. The maximum atomic E-state index is 11.6. The molecule has 1 heterocycles. The molecule has 0 radical (unpaired) electrons. The Bertz CT molecular complexity index is 858. The molecule has 150 valence electrons. The first-order valence-corrected chi connectivity index (χ1v) is 9.00. The number of hydrogen-bond donors (Lipinski definition) is 2. The predicted octanol–water partition coefficient (Wildman–Crippen LogP) is 4.42. The summed E-state index contributed by atoms with van der Waals surface area (Å²) >= 11 is 0. The highest BCUT2D eigenvalue weighted by Gasteiger charge is 2.19. The van der Waals surface area contributed by atoms with Crippen molar-refractivity contribution in [2.24, 2.45) is 0 Å². The maximum Gasteiger partial charge on any atom is 0.407 e. The molecule has 0 saturated carbocycles. The van der Waals surface area contributed by atoms with Gasteiger partial charge in [-0.05, 0) is 64.8 Å². The minimum atomic E-state index is -0.524. The molecule has 0 fully saturated rings. The summed E-state index contributed by atoms with van der Waals surface area (Å²) in [6.07, 6.45) is 0.203. The van der Waals surface area contributed by atoms with Crippen molar-refractivity contribution in [3.63, 3.8) is 0 Å². The largest absolute Gasteiger partial charge is 0.444 e. The van der Waals surface area contributed by atoms with Crippen LogP contribution in [0.1, 0.15) is 37.7 Å². The molecule has 2 N–H and O–H groups in total. The van der Waals surface area contributed by atoms with Crippen molar-refractivity contribution in [3.8, 4) is 0 Å². The summed E-state index contributed by atoms with van der Waals surface area (Å²) in [5.41, 5.74) is 2.69. The maximum absolute atomic E-state index is 11.6. The fraction of sp³-hybridized carbons (Fsp3) is 0.400. The van der Waals surface area contributed by atoms with Gasteiger partial charge in [0, 0.05) is 17.9 Å². The van der Waals surface area contributed by atoms with Crippen LogP contribution in [-0.4, -0.2) is 28.1 Å². The van der Waals surface area contributed by atoms with E-state index in [1.807, 2.05) is 45.0 Å². The lowest BCUT2D eigenvalue weighted by molar-refractivity contribution is -0.384. The average Bonchev–Trinajstić information content (AvgIpc) is 2.53. The Hall–Kier alpha value is -3.16. The Labute approximate surface area is 164 Å². The van der Waals surface area contributed by atoms with Gasteiger partial charge in [0.15, 0.2) is 0 Å². The van der Waals surface area contributed by atoms with E-state index in [4.69, 9.17) is 4.74 Å². The van der Waals surface area contributed by atoms with Gasteiger partial charge in [0.2, 0.25) is 0 Å². The molecular formula is C20H26N4O4. The van der Waals surface area contributed by atoms with Crippen molar-refractivity contribution in [1.29, 1.82) is 0 Å². The van der Waals surface area contributed by atoms with E-state index >= 15 is 0 Å². The van der Waals surface area contributed by atoms with Gasteiger partial charge in [0.25, 0.3) is 0 Å². The number of ether oxygens (including phenoxy) is 1. The number of amides is 1. The third-order valence-electron chi connectivity index (χ3n) is 3.79. The predicted molar refractivity (Wildman–Crippen MR) is 108 cm³/mol. The first-order chi connectivity index (χ1) is 13.0. The van der Waals surface area contributed by atoms with Crippen LogP contribution in [-0.2, 0) is 11.2 Å². The lowest BCUT2D eigenvalue weighted by Crippen LogP contribution is -2.33. The fourth-order valence-corrected chi connectivity index (χ4v) is 2.68. The highest BCUT2D eigenvalue weighted by Crippen LogP contribution is 2.30. The third-order valence-corrected chi connectivity index (χ3v) is 3.79. The van der Waals surface area contributed by atoms with Crippen molar-refractivity contribution in [2.45, 2.75) is 46.6 Å².